The molecular formula is C26H29F4OY+2. The van der Waals surface area contributed by atoms with Crippen molar-refractivity contribution in [3.05, 3.63) is 65.2 Å². The number of benzene rings is 2. The monoisotopic (exact) mass is 522 g/mol. The molecule has 0 atom stereocenters. The van der Waals surface area contributed by atoms with Crippen LogP contribution in [0.1, 0.15) is 75.3 Å². The molecule has 0 N–H and O–H groups in total. The van der Waals surface area contributed by atoms with Crippen molar-refractivity contribution in [2.45, 2.75) is 70.3 Å². The third-order valence-electron chi connectivity index (χ3n) is 7.26. The summed E-state index contributed by atoms with van der Waals surface area (Å²) in [6.45, 7) is 2.33. The Bertz CT molecular complexity index is 887. The minimum atomic E-state index is -3.90. The molecule has 2 aliphatic carbocycles. The van der Waals surface area contributed by atoms with E-state index in [1.54, 1.807) is 6.07 Å². The number of rotatable bonds is 5. The number of hydrogen-bond donors (Lipinski definition) is 0. The molecule has 2 saturated carbocycles. The van der Waals surface area contributed by atoms with Gasteiger partial charge in [-0.3, -0.25) is 0 Å². The molecule has 2 fully saturated rings. The molecule has 0 saturated heterocycles. The molecule has 6 heteroatoms. The van der Waals surface area contributed by atoms with Crippen LogP contribution in [-0.4, -0.2) is 0 Å². The van der Waals surface area contributed by atoms with E-state index in [4.69, 9.17) is 0 Å². The molecule has 0 aromatic heterocycles. The Morgan fingerprint density at radius 2 is 1.50 bits per heavy atom. The maximum Gasteiger partial charge on any atom is 3.00 e. The Morgan fingerprint density at radius 3 is 2.09 bits per heavy atom. The van der Waals surface area contributed by atoms with E-state index in [2.05, 4.69) is 17.7 Å². The van der Waals surface area contributed by atoms with E-state index in [0.29, 0.717) is 0 Å². The zero-order valence-electron chi connectivity index (χ0n) is 18.4. The Balaban J connectivity index is 0.00000289. The summed E-state index contributed by atoms with van der Waals surface area (Å²) < 4.78 is 61.4. The summed E-state index contributed by atoms with van der Waals surface area (Å²) in [5, 5.41) is 0. The van der Waals surface area contributed by atoms with Gasteiger partial charge in [0.1, 0.15) is 5.82 Å². The van der Waals surface area contributed by atoms with Crippen LogP contribution in [0.4, 0.5) is 17.6 Å². The fourth-order valence-electron chi connectivity index (χ4n) is 5.39. The van der Waals surface area contributed by atoms with E-state index < -0.39 is 23.3 Å². The SMILES string of the molecule is CC1CCC(C2CCC(c3ccc(C(F)(F)Oc4cc[c-]c(F)c4)c(F)c3)CC2)CC1.[Y+3]. The van der Waals surface area contributed by atoms with Crippen molar-refractivity contribution in [3.8, 4) is 5.75 Å². The van der Waals surface area contributed by atoms with Crippen LogP contribution in [0.3, 0.4) is 0 Å². The van der Waals surface area contributed by atoms with E-state index in [0.717, 1.165) is 73.3 Å². The first-order chi connectivity index (χ1) is 14.8. The fourth-order valence-corrected chi connectivity index (χ4v) is 5.39. The standard InChI is InChI=1S/C26H29F4O.Y/c1-17-5-7-18(8-6-17)19-9-11-20(12-10-19)21-13-14-24(25(28)15-21)26(29,30)31-23-4-2-3-22(27)16-23;/h2,4,13-20H,5-12H2,1H3;/q-1;+3. The van der Waals surface area contributed by atoms with Crippen molar-refractivity contribution in [3.63, 3.8) is 0 Å². The van der Waals surface area contributed by atoms with E-state index in [-0.39, 0.29) is 44.4 Å². The maximum absolute atomic E-state index is 14.6. The average molecular weight is 522 g/mol. The summed E-state index contributed by atoms with van der Waals surface area (Å²) in [5.74, 6) is 0.421. The van der Waals surface area contributed by atoms with Gasteiger partial charge in [-0.2, -0.15) is 14.8 Å². The molecular weight excluding hydrogens is 493 g/mol. The van der Waals surface area contributed by atoms with Gasteiger partial charge >= 0.3 is 38.8 Å². The number of hydrogen-bond acceptors (Lipinski definition) is 1. The minimum absolute atomic E-state index is 0. The van der Waals surface area contributed by atoms with E-state index in [9.17, 15) is 17.6 Å². The number of alkyl halides is 2. The summed E-state index contributed by atoms with van der Waals surface area (Å²) in [4.78, 5) is 0. The smallest absolute Gasteiger partial charge is 0.455 e. The molecule has 0 amide bonds. The third kappa shape index (κ3) is 6.14. The van der Waals surface area contributed by atoms with E-state index in [1.165, 1.54) is 31.7 Å². The Labute approximate surface area is 213 Å². The van der Waals surface area contributed by atoms with Gasteiger partial charge in [-0.15, -0.1) is 12.1 Å². The van der Waals surface area contributed by atoms with Gasteiger partial charge in [0.15, 0.2) is 0 Å². The van der Waals surface area contributed by atoms with E-state index >= 15 is 0 Å². The fraction of sp³-hybridized carbons (Fsp3) is 0.538. The van der Waals surface area contributed by atoms with Gasteiger partial charge in [-0.25, -0.2) is 8.78 Å². The molecule has 4 rings (SSSR count). The Morgan fingerprint density at radius 1 is 0.875 bits per heavy atom. The summed E-state index contributed by atoms with van der Waals surface area (Å²) in [7, 11) is 0. The van der Waals surface area contributed by atoms with Crippen molar-refractivity contribution in [1.82, 2.24) is 0 Å². The molecule has 0 bridgehead atoms. The van der Waals surface area contributed by atoms with Gasteiger partial charge in [0.25, 0.3) is 0 Å². The molecule has 0 aliphatic heterocycles. The predicted molar refractivity (Wildman–Crippen MR) is 112 cm³/mol. The van der Waals surface area contributed by atoms with Crippen molar-refractivity contribution in [1.29, 1.82) is 0 Å². The number of ether oxygens (including phenoxy) is 1. The zero-order valence-corrected chi connectivity index (χ0v) is 21.3. The topological polar surface area (TPSA) is 9.23 Å². The van der Waals surface area contributed by atoms with Crippen LogP contribution in [0.15, 0.2) is 36.4 Å². The molecule has 168 valence electrons. The van der Waals surface area contributed by atoms with Gasteiger partial charge in [0.05, 0.1) is 5.56 Å². The maximum atomic E-state index is 14.6. The first-order valence-electron chi connectivity index (χ1n) is 11.4. The first-order valence-corrected chi connectivity index (χ1v) is 11.4. The molecule has 2 aliphatic rings. The molecule has 0 unspecified atom stereocenters. The van der Waals surface area contributed by atoms with Crippen molar-refractivity contribution in [2.75, 3.05) is 0 Å². The summed E-state index contributed by atoms with van der Waals surface area (Å²) >= 11 is 0. The normalized spacial score (nSPS) is 26.3. The molecule has 2 aromatic carbocycles. The van der Waals surface area contributed by atoms with Crippen molar-refractivity contribution in [2.24, 2.45) is 17.8 Å². The molecule has 0 radical (unpaired) electrons. The Hall–Kier alpha value is -0.936. The van der Waals surface area contributed by atoms with Gasteiger partial charge in [-0.05, 0) is 79.9 Å². The predicted octanol–water partition coefficient (Wildman–Crippen LogP) is 7.99. The zero-order chi connectivity index (χ0) is 22.0. The molecule has 0 spiro atoms. The van der Waals surface area contributed by atoms with Crippen LogP contribution in [0, 0.1) is 35.5 Å². The second-order valence-corrected chi connectivity index (χ2v) is 9.36. The van der Waals surface area contributed by atoms with Crippen LogP contribution in [-0.2, 0) is 38.8 Å². The van der Waals surface area contributed by atoms with Crippen LogP contribution < -0.4 is 4.74 Å². The van der Waals surface area contributed by atoms with Gasteiger partial charge in [0.2, 0.25) is 0 Å². The summed E-state index contributed by atoms with van der Waals surface area (Å²) in [6.07, 6.45) is 5.59. The molecule has 32 heavy (non-hydrogen) atoms. The quantitative estimate of drug-likeness (QED) is 0.286. The molecule has 1 nitrogen and oxygen atoms in total. The summed E-state index contributed by atoms with van der Waals surface area (Å²) in [6, 6.07) is 9.22. The van der Waals surface area contributed by atoms with Crippen LogP contribution in [0.25, 0.3) is 0 Å². The second-order valence-electron chi connectivity index (χ2n) is 9.36. The molecule has 0 heterocycles. The van der Waals surface area contributed by atoms with Crippen molar-refractivity contribution < 1.29 is 55.0 Å². The molecule has 2 aromatic rings. The van der Waals surface area contributed by atoms with Gasteiger partial charge in [-0.1, -0.05) is 31.9 Å². The first kappa shape index (κ1) is 25.7. The van der Waals surface area contributed by atoms with Gasteiger partial charge < -0.3 is 4.74 Å². The second kappa shape index (κ2) is 11.0. The van der Waals surface area contributed by atoms with Crippen LogP contribution in [0.2, 0.25) is 0 Å². The Kier molecular flexibility index (Phi) is 8.82. The minimum Gasteiger partial charge on any atom is -0.455 e. The van der Waals surface area contributed by atoms with E-state index in [1.807, 2.05) is 0 Å². The average Bonchev–Trinajstić information content (AvgIpc) is 2.74. The van der Waals surface area contributed by atoms with Crippen LogP contribution >= 0.6 is 0 Å². The summed E-state index contributed by atoms with van der Waals surface area (Å²) in [5.41, 5.74) is -0.0670. The number of halogens is 4. The van der Waals surface area contributed by atoms with Gasteiger partial charge in [0, 0.05) is 11.6 Å². The van der Waals surface area contributed by atoms with Crippen LogP contribution in [0.5, 0.6) is 5.75 Å². The van der Waals surface area contributed by atoms with Crippen molar-refractivity contribution >= 4 is 0 Å². The third-order valence-corrected chi connectivity index (χ3v) is 7.26. The largest absolute Gasteiger partial charge is 3.00 e.